The van der Waals surface area contributed by atoms with Crippen LogP contribution in [0.2, 0.25) is 0 Å². The van der Waals surface area contributed by atoms with Gasteiger partial charge in [-0.15, -0.1) is 0 Å². The van der Waals surface area contributed by atoms with E-state index in [1.807, 2.05) is 13.8 Å². The van der Waals surface area contributed by atoms with Crippen molar-refractivity contribution in [1.82, 2.24) is 4.72 Å². The summed E-state index contributed by atoms with van der Waals surface area (Å²) in [5.74, 6) is 0.686. The van der Waals surface area contributed by atoms with Crippen molar-refractivity contribution in [3.63, 3.8) is 0 Å². The van der Waals surface area contributed by atoms with Gasteiger partial charge in [0, 0.05) is 6.04 Å². The molecule has 1 atom stereocenters. The summed E-state index contributed by atoms with van der Waals surface area (Å²) in [7, 11) is -2.01. The summed E-state index contributed by atoms with van der Waals surface area (Å²) >= 11 is 0. The zero-order valence-electron chi connectivity index (χ0n) is 15.7. The Balaban J connectivity index is 1.86. The molecule has 5 heteroatoms. The maximum atomic E-state index is 12.9. The summed E-state index contributed by atoms with van der Waals surface area (Å²) < 4.78 is 33.8. The van der Waals surface area contributed by atoms with E-state index >= 15 is 0 Å². The molecule has 26 heavy (non-hydrogen) atoms. The van der Waals surface area contributed by atoms with Crippen molar-refractivity contribution in [3.05, 3.63) is 58.7 Å². The Kier molecular flexibility index (Phi) is 5.68. The second-order valence-electron chi connectivity index (χ2n) is 6.95. The van der Waals surface area contributed by atoms with E-state index in [1.165, 1.54) is 24.0 Å². The summed E-state index contributed by atoms with van der Waals surface area (Å²) in [6.45, 7) is 3.85. The van der Waals surface area contributed by atoms with Crippen LogP contribution in [0.4, 0.5) is 0 Å². The zero-order chi connectivity index (χ0) is 18.7. The fraction of sp³-hybridized carbons (Fsp3) is 0.429. The molecular formula is C21H27NO3S. The Morgan fingerprint density at radius 1 is 1.08 bits per heavy atom. The lowest BCUT2D eigenvalue weighted by molar-refractivity contribution is 0.411. The first-order chi connectivity index (χ1) is 12.4. The van der Waals surface area contributed by atoms with Crippen LogP contribution in [-0.2, 0) is 22.9 Å². The van der Waals surface area contributed by atoms with Crippen molar-refractivity contribution in [2.75, 3.05) is 7.11 Å². The van der Waals surface area contributed by atoms with Gasteiger partial charge in [0.05, 0.1) is 12.0 Å². The summed E-state index contributed by atoms with van der Waals surface area (Å²) in [4.78, 5) is 0.271. The first-order valence-corrected chi connectivity index (χ1v) is 10.7. The molecule has 0 fully saturated rings. The molecular weight excluding hydrogens is 346 g/mol. The standard InChI is InChI=1S/C21H27NO3S/c1-4-20(18-10-9-16-7-5-6-8-17(16)14-18)22-26(23,24)19-11-12-21(25-3)15(2)13-19/h9-14,20,22H,4-8H2,1-3H3/t20-/m1/s1. The molecule has 0 saturated heterocycles. The average Bonchev–Trinajstić information content (AvgIpc) is 2.65. The van der Waals surface area contributed by atoms with E-state index in [0.29, 0.717) is 12.2 Å². The molecule has 0 amide bonds. The number of hydrogen-bond acceptors (Lipinski definition) is 3. The van der Waals surface area contributed by atoms with Gasteiger partial charge in [-0.05, 0) is 79.5 Å². The van der Waals surface area contributed by atoms with Gasteiger partial charge in [-0.1, -0.05) is 25.1 Å². The zero-order valence-corrected chi connectivity index (χ0v) is 16.5. The molecule has 2 aromatic rings. The second-order valence-corrected chi connectivity index (χ2v) is 8.66. The number of hydrogen-bond donors (Lipinski definition) is 1. The normalized spacial score (nSPS) is 15.3. The van der Waals surface area contributed by atoms with E-state index in [9.17, 15) is 8.42 Å². The minimum atomic E-state index is -3.59. The molecule has 1 N–H and O–H groups in total. The first-order valence-electron chi connectivity index (χ1n) is 9.23. The van der Waals surface area contributed by atoms with Crippen LogP contribution in [0.25, 0.3) is 0 Å². The maximum Gasteiger partial charge on any atom is 0.241 e. The SMILES string of the molecule is CC[C@@H](NS(=O)(=O)c1ccc(OC)c(C)c1)c1ccc2c(c1)CCCC2. The van der Waals surface area contributed by atoms with Gasteiger partial charge in [0.15, 0.2) is 0 Å². The Labute approximate surface area is 156 Å². The van der Waals surface area contributed by atoms with E-state index < -0.39 is 10.0 Å². The molecule has 3 rings (SSSR count). The molecule has 0 saturated carbocycles. The Morgan fingerprint density at radius 2 is 1.81 bits per heavy atom. The van der Waals surface area contributed by atoms with Crippen molar-refractivity contribution in [2.24, 2.45) is 0 Å². The van der Waals surface area contributed by atoms with Crippen LogP contribution in [0, 0.1) is 6.92 Å². The fourth-order valence-corrected chi connectivity index (χ4v) is 5.02. The van der Waals surface area contributed by atoms with Gasteiger partial charge in [0.1, 0.15) is 5.75 Å². The van der Waals surface area contributed by atoms with Crippen molar-refractivity contribution < 1.29 is 13.2 Å². The summed E-state index contributed by atoms with van der Waals surface area (Å²) in [6.07, 6.45) is 5.37. The van der Waals surface area contributed by atoms with Crippen LogP contribution in [-0.4, -0.2) is 15.5 Å². The van der Waals surface area contributed by atoms with Crippen molar-refractivity contribution in [2.45, 2.75) is 56.9 Å². The van der Waals surface area contributed by atoms with E-state index in [0.717, 1.165) is 24.0 Å². The topological polar surface area (TPSA) is 55.4 Å². The molecule has 0 bridgehead atoms. The lowest BCUT2D eigenvalue weighted by atomic mass is 9.89. The number of sulfonamides is 1. The highest BCUT2D eigenvalue weighted by Crippen LogP contribution is 2.28. The highest BCUT2D eigenvalue weighted by atomic mass is 32.2. The quantitative estimate of drug-likeness (QED) is 0.821. The molecule has 0 aromatic heterocycles. The van der Waals surface area contributed by atoms with Crippen LogP contribution in [0.3, 0.4) is 0 Å². The third kappa shape index (κ3) is 3.94. The number of benzene rings is 2. The second kappa shape index (κ2) is 7.80. The number of ether oxygens (including phenoxy) is 1. The maximum absolute atomic E-state index is 12.9. The van der Waals surface area contributed by atoms with E-state index in [1.54, 1.807) is 25.3 Å². The highest BCUT2D eigenvalue weighted by Gasteiger charge is 2.22. The number of fused-ring (bicyclic) bond motifs is 1. The molecule has 0 heterocycles. The van der Waals surface area contributed by atoms with Crippen molar-refractivity contribution >= 4 is 10.0 Å². The van der Waals surface area contributed by atoms with Gasteiger partial charge in [0.25, 0.3) is 0 Å². The minimum Gasteiger partial charge on any atom is -0.496 e. The highest BCUT2D eigenvalue weighted by molar-refractivity contribution is 7.89. The van der Waals surface area contributed by atoms with E-state index in [-0.39, 0.29) is 10.9 Å². The van der Waals surface area contributed by atoms with Crippen LogP contribution >= 0.6 is 0 Å². The number of nitrogens with one attached hydrogen (secondary N) is 1. The molecule has 140 valence electrons. The van der Waals surface area contributed by atoms with Crippen LogP contribution < -0.4 is 9.46 Å². The predicted octanol–water partition coefficient (Wildman–Crippen LogP) is 4.31. The lowest BCUT2D eigenvalue weighted by Gasteiger charge is -2.22. The van der Waals surface area contributed by atoms with E-state index in [2.05, 4.69) is 22.9 Å². The smallest absolute Gasteiger partial charge is 0.241 e. The predicted molar refractivity (Wildman–Crippen MR) is 104 cm³/mol. The summed E-state index contributed by atoms with van der Waals surface area (Å²) in [6, 6.07) is 11.1. The lowest BCUT2D eigenvalue weighted by Crippen LogP contribution is -2.28. The summed E-state index contributed by atoms with van der Waals surface area (Å²) in [5, 5.41) is 0. The van der Waals surface area contributed by atoms with Crippen LogP contribution in [0.5, 0.6) is 5.75 Å². The minimum absolute atomic E-state index is 0.227. The monoisotopic (exact) mass is 373 g/mol. The van der Waals surface area contributed by atoms with Crippen LogP contribution in [0.1, 0.15) is 54.5 Å². The molecule has 4 nitrogen and oxygen atoms in total. The number of rotatable bonds is 6. The molecule has 0 radical (unpaired) electrons. The molecule has 2 aromatic carbocycles. The third-order valence-corrected chi connectivity index (χ3v) is 6.63. The molecule has 0 spiro atoms. The number of aryl methyl sites for hydroxylation is 3. The summed E-state index contributed by atoms with van der Waals surface area (Å²) in [5.41, 5.74) is 4.62. The van der Waals surface area contributed by atoms with Gasteiger partial charge in [-0.2, -0.15) is 0 Å². The fourth-order valence-electron chi connectivity index (χ4n) is 3.63. The Hall–Kier alpha value is -1.85. The van der Waals surface area contributed by atoms with Gasteiger partial charge in [-0.25, -0.2) is 13.1 Å². The first kappa shape index (κ1) is 18.9. The molecule has 0 unspecified atom stereocenters. The van der Waals surface area contributed by atoms with Crippen LogP contribution in [0.15, 0.2) is 41.3 Å². The van der Waals surface area contributed by atoms with Gasteiger partial charge < -0.3 is 4.74 Å². The molecule has 1 aliphatic rings. The van der Waals surface area contributed by atoms with Crippen molar-refractivity contribution in [1.29, 1.82) is 0 Å². The largest absolute Gasteiger partial charge is 0.496 e. The third-order valence-electron chi connectivity index (χ3n) is 5.16. The number of methoxy groups -OCH3 is 1. The Bertz CT molecular complexity index is 890. The van der Waals surface area contributed by atoms with E-state index in [4.69, 9.17) is 4.74 Å². The average molecular weight is 374 g/mol. The van der Waals surface area contributed by atoms with Gasteiger partial charge >= 0.3 is 0 Å². The molecule has 0 aliphatic heterocycles. The Morgan fingerprint density at radius 3 is 2.46 bits per heavy atom. The van der Waals surface area contributed by atoms with Crippen molar-refractivity contribution in [3.8, 4) is 5.75 Å². The molecule has 1 aliphatic carbocycles. The van der Waals surface area contributed by atoms with Gasteiger partial charge in [0.2, 0.25) is 10.0 Å². The van der Waals surface area contributed by atoms with Gasteiger partial charge in [-0.3, -0.25) is 0 Å².